The zero-order valence-electron chi connectivity index (χ0n) is 18.4. The first-order valence-corrected chi connectivity index (χ1v) is 11.0. The largest absolute Gasteiger partial charge is 0.507 e. The fraction of sp³-hybridized carbons (Fsp3) is 0.640. The molecule has 2 aliphatic rings. The number of unbranched alkanes of at least 4 members (excludes halogenated alkanes) is 2. The molecule has 0 saturated carbocycles. The van der Waals surface area contributed by atoms with Crippen LogP contribution in [0.5, 0.6) is 11.5 Å². The Morgan fingerprint density at radius 1 is 1.21 bits per heavy atom. The zero-order valence-corrected chi connectivity index (χ0v) is 18.4. The molecule has 0 bridgehead atoms. The molecular weight excluding hydrogens is 348 g/mol. The van der Waals surface area contributed by atoms with Crippen LogP contribution in [0.15, 0.2) is 17.7 Å². The summed E-state index contributed by atoms with van der Waals surface area (Å²) in [5.41, 5.74) is 3.01. The van der Waals surface area contributed by atoms with E-state index in [9.17, 15) is 9.90 Å². The van der Waals surface area contributed by atoms with Gasteiger partial charge in [0, 0.05) is 12.0 Å². The number of hydrogen-bond donors (Lipinski definition) is 1. The number of ketones is 1. The van der Waals surface area contributed by atoms with Gasteiger partial charge < -0.3 is 9.84 Å². The number of ether oxygens (including phenoxy) is 1. The highest BCUT2D eigenvalue weighted by atomic mass is 16.5. The summed E-state index contributed by atoms with van der Waals surface area (Å²) in [5, 5.41) is 11.0. The molecule has 1 aliphatic carbocycles. The van der Waals surface area contributed by atoms with Gasteiger partial charge in [-0.25, -0.2) is 0 Å². The molecule has 3 heteroatoms. The zero-order chi connectivity index (χ0) is 20.6. The molecule has 0 saturated heterocycles. The Hall–Kier alpha value is -1.77. The lowest BCUT2D eigenvalue weighted by molar-refractivity contribution is -0.116. The van der Waals surface area contributed by atoms with Crippen molar-refractivity contribution >= 4 is 11.4 Å². The number of hydrogen-bond acceptors (Lipinski definition) is 3. The quantitative estimate of drug-likeness (QED) is 0.536. The van der Waals surface area contributed by atoms with Crippen LogP contribution in [-0.2, 0) is 4.79 Å². The summed E-state index contributed by atoms with van der Waals surface area (Å²) in [6, 6.07) is 4.01. The normalized spacial score (nSPS) is 22.5. The molecule has 0 amide bonds. The molecule has 1 aromatic carbocycles. The average molecular weight is 385 g/mol. The Bertz CT molecular complexity index is 787. The molecule has 3 rings (SSSR count). The van der Waals surface area contributed by atoms with Crippen molar-refractivity contribution in [3.05, 3.63) is 28.8 Å². The fourth-order valence-corrected chi connectivity index (χ4v) is 4.98. The highest BCUT2D eigenvalue weighted by molar-refractivity contribution is 6.11. The van der Waals surface area contributed by atoms with E-state index in [4.69, 9.17) is 4.74 Å². The topological polar surface area (TPSA) is 46.5 Å². The second kappa shape index (κ2) is 7.93. The number of fused-ring (bicyclic) bond motifs is 2. The number of phenols is 1. The van der Waals surface area contributed by atoms with Crippen LogP contribution in [0, 0.1) is 11.8 Å². The summed E-state index contributed by atoms with van der Waals surface area (Å²) >= 11 is 0. The highest BCUT2D eigenvalue weighted by Gasteiger charge is 2.46. The van der Waals surface area contributed by atoms with E-state index in [2.05, 4.69) is 33.8 Å². The van der Waals surface area contributed by atoms with E-state index in [0.717, 1.165) is 34.4 Å². The van der Waals surface area contributed by atoms with Crippen LogP contribution < -0.4 is 4.74 Å². The lowest BCUT2D eigenvalue weighted by atomic mass is 9.81. The van der Waals surface area contributed by atoms with E-state index >= 15 is 0 Å². The SMILES string of the molecule is CCCCCC(C)C(C)c1cc(O)c2c(c1)OC(C)(C)C1=C2C(CC)CC1=O. The van der Waals surface area contributed by atoms with Crippen LogP contribution in [0.4, 0.5) is 0 Å². The first-order chi connectivity index (χ1) is 13.2. The molecule has 0 fully saturated rings. The van der Waals surface area contributed by atoms with Crippen molar-refractivity contribution in [3.63, 3.8) is 0 Å². The predicted molar refractivity (Wildman–Crippen MR) is 115 cm³/mol. The Labute approximate surface area is 170 Å². The van der Waals surface area contributed by atoms with E-state index in [1.54, 1.807) is 0 Å². The van der Waals surface area contributed by atoms with Crippen molar-refractivity contribution < 1.29 is 14.6 Å². The van der Waals surface area contributed by atoms with Crippen LogP contribution >= 0.6 is 0 Å². The Balaban J connectivity index is 2.00. The predicted octanol–water partition coefficient (Wildman–Crippen LogP) is 6.64. The molecule has 0 aromatic heterocycles. The number of Topliss-reactive ketones (excluding diaryl/α,β-unsaturated/α-hetero) is 1. The van der Waals surface area contributed by atoms with Crippen LogP contribution in [0.25, 0.3) is 5.57 Å². The Kier molecular flexibility index (Phi) is 5.93. The summed E-state index contributed by atoms with van der Waals surface area (Å²) in [6.45, 7) is 12.8. The van der Waals surface area contributed by atoms with Crippen molar-refractivity contribution in [2.24, 2.45) is 11.8 Å². The minimum absolute atomic E-state index is 0.166. The number of benzene rings is 1. The number of aromatic hydroxyl groups is 1. The van der Waals surface area contributed by atoms with Gasteiger partial charge in [-0.1, -0.05) is 53.4 Å². The third-order valence-electron chi connectivity index (χ3n) is 6.86. The van der Waals surface area contributed by atoms with E-state index in [1.807, 2.05) is 19.9 Å². The molecule has 1 heterocycles. The summed E-state index contributed by atoms with van der Waals surface area (Å²) in [5.74, 6) is 2.23. The van der Waals surface area contributed by atoms with Crippen molar-refractivity contribution in [1.29, 1.82) is 0 Å². The van der Waals surface area contributed by atoms with Crippen molar-refractivity contribution in [2.45, 2.75) is 91.6 Å². The first kappa shape index (κ1) is 21.0. The molecule has 0 radical (unpaired) electrons. The Morgan fingerprint density at radius 2 is 1.93 bits per heavy atom. The fourth-order valence-electron chi connectivity index (χ4n) is 4.98. The van der Waals surface area contributed by atoms with Gasteiger partial charge in [0.05, 0.1) is 5.56 Å². The molecule has 3 unspecified atom stereocenters. The van der Waals surface area contributed by atoms with Gasteiger partial charge in [0.25, 0.3) is 0 Å². The average Bonchev–Trinajstić information content (AvgIpc) is 2.97. The molecule has 28 heavy (non-hydrogen) atoms. The van der Waals surface area contributed by atoms with Gasteiger partial charge in [0.2, 0.25) is 0 Å². The Morgan fingerprint density at radius 3 is 2.57 bits per heavy atom. The number of rotatable bonds is 7. The first-order valence-electron chi connectivity index (χ1n) is 11.0. The second-order valence-electron chi connectivity index (χ2n) is 9.31. The van der Waals surface area contributed by atoms with Gasteiger partial charge in [-0.2, -0.15) is 0 Å². The van der Waals surface area contributed by atoms with Crippen molar-refractivity contribution in [1.82, 2.24) is 0 Å². The molecule has 1 aromatic rings. The standard InChI is InChI=1S/C25H36O3/c1-7-9-10-11-15(3)16(4)18-13-19(26)23-21(14-18)28-25(5,6)24-20(27)12-17(8-2)22(23)24/h13-17,26H,7-12H2,1-6H3. The van der Waals surface area contributed by atoms with E-state index < -0.39 is 5.60 Å². The third-order valence-corrected chi connectivity index (χ3v) is 6.86. The van der Waals surface area contributed by atoms with Gasteiger partial charge in [-0.3, -0.25) is 4.79 Å². The summed E-state index contributed by atoms with van der Waals surface area (Å²) in [6.07, 6.45) is 6.37. The third kappa shape index (κ3) is 3.60. The highest BCUT2D eigenvalue weighted by Crippen LogP contribution is 2.54. The second-order valence-corrected chi connectivity index (χ2v) is 9.31. The van der Waals surface area contributed by atoms with Crippen LogP contribution in [0.3, 0.4) is 0 Å². The summed E-state index contributed by atoms with van der Waals surface area (Å²) in [7, 11) is 0. The van der Waals surface area contributed by atoms with Crippen LogP contribution in [0.2, 0.25) is 0 Å². The smallest absolute Gasteiger partial charge is 0.163 e. The molecular formula is C25H36O3. The molecule has 1 N–H and O–H groups in total. The molecule has 154 valence electrons. The molecule has 3 atom stereocenters. The molecule has 1 aliphatic heterocycles. The van der Waals surface area contributed by atoms with Crippen molar-refractivity contribution in [3.8, 4) is 11.5 Å². The minimum Gasteiger partial charge on any atom is -0.507 e. The van der Waals surface area contributed by atoms with Gasteiger partial charge in [-0.05, 0) is 61.3 Å². The van der Waals surface area contributed by atoms with Gasteiger partial charge in [0.1, 0.15) is 17.1 Å². The van der Waals surface area contributed by atoms with Crippen LogP contribution in [-0.4, -0.2) is 16.5 Å². The minimum atomic E-state index is -0.648. The monoisotopic (exact) mass is 384 g/mol. The maximum absolute atomic E-state index is 12.7. The van der Waals surface area contributed by atoms with E-state index in [-0.39, 0.29) is 17.5 Å². The lowest BCUT2D eigenvalue weighted by Gasteiger charge is -2.36. The number of phenolic OH excluding ortho intramolecular Hbond substituents is 1. The maximum Gasteiger partial charge on any atom is 0.163 e. The summed E-state index contributed by atoms with van der Waals surface area (Å²) < 4.78 is 6.31. The van der Waals surface area contributed by atoms with E-state index in [0.29, 0.717) is 18.3 Å². The number of allylic oxidation sites excluding steroid dienone is 1. The molecule has 0 spiro atoms. The molecule has 3 nitrogen and oxygen atoms in total. The lowest BCUT2D eigenvalue weighted by Crippen LogP contribution is -2.36. The maximum atomic E-state index is 12.7. The van der Waals surface area contributed by atoms with Crippen LogP contribution in [0.1, 0.15) is 97.1 Å². The van der Waals surface area contributed by atoms with E-state index in [1.165, 1.54) is 25.7 Å². The van der Waals surface area contributed by atoms with Gasteiger partial charge in [0.15, 0.2) is 5.78 Å². The number of carbonyl (C=O) groups is 1. The number of carbonyl (C=O) groups excluding carboxylic acids is 1. The van der Waals surface area contributed by atoms with Gasteiger partial charge >= 0.3 is 0 Å². The summed E-state index contributed by atoms with van der Waals surface area (Å²) in [4.78, 5) is 12.7. The van der Waals surface area contributed by atoms with Gasteiger partial charge in [-0.15, -0.1) is 0 Å². The van der Waals surface area contributed by atoms with Crippen molar-refractivity contribution in [2.75, 3.05) is 0 Å².